The van der Waals surface area contributed by atoms with Crippen molar-refractivity contribution in [3.63, 3.8) is 0 Å². The minimum absolute atomic E-state index is 0.0674. The Labute approximate surface area is 148 Å². The lowest BCUT2D eigenvalue weighted by Gasteiger charge is -2.41. The van der Waals surface area contributed by atoms with Gasteiger partial charge in [0, 0.05) is 18.0 Å². The maximum absolute atomic E-state index is 13.2. The Kier molecular flexibility index (Phi) is 4.20. The summed E-state index contributed by atoms with van der Waals surface area (Å²) >= 11 is 0. The Morgan fingerprint density at radius 2 is 2.24 bits per heavy atom. The molecule has 0 N–H and O–H groups in total. The number of hydrogen-bond donors (Lipinski definition) is 0. The fourth-order valence-electron chi connectivity index (χ4n) is 4.63. The Morgan fingerprint density at radius 3 is 2.92 bits per heavy atom. The van der Waals surface area contributed by atoms with Gasteiger partial charge in [0.2, 0.25) is 0 Å². The third-order valence-electron chi connectivity index (χ3n) is 6.10. The van der Waals surface area contributed by atoms with Crippen LogP contribution in [0.5, 0.6) is 11.5 Å². The van der Waals surface area contributed by atoms with Crippen molar-refractivity contribution in [1.29, 1.82) is 0 Å². The maximum atomic E-state index is 13.2. The highest BCUT2D eigenvalue weighted by Gasteiger charge is 2.58. The van der Waals surface area contributed by atoms with Crippen molar-refractivity contribution in [1.82, 2.24) is 4.90 Å². The molecular formula is C20H25NO4. The lowest BCUT2D eigenvalue weighted by atomic mass is 9.62. The van der Waals surface area contributed by atoms with Gasteiger partial charge in [-0.1, -0.05) is 19.1 Å². The van der Waals surface area contributed by atoms with Crippen LogP contribution in [-0.4, -0.2) is 50.3 Å². The van der Waals surface area contributed by atoms with Gasteiger partial charge in [-0.2, -0.15) is 0 Å². The zero-order valence-electron chi connectivity index (χ0n) is 14.7. The molecule has 0 radical (unpaired) electrons. The quantitative estimate of drug-likeness (QED) is 0.772. The van der Waals surface area contributed by atoms with Gasteiger partial charge in [-0.3, -0.25) is 4.79 Å². The SMILES string of the molecule is C=CCOc1ccc(C(=O)N2CC3(CCC3)C3COCC32)cc1OC. The zero-order valence-corrected chi connectivity index (χ0v) is 14.7. The van der Waals surface area contributed by atoms with Crippen LogP contribution < -0.4 is 9.47 Å². The number of ether oxygens (including phenoxy) is 3. The van der Waals surface area contributed by atoms with E-state index in [9.17, 15) is 4.79 Å². The summed E-state index contributed by atoms with van der Waals surface area (Å²) in [6.45, 7) is 6.37. The molecule has 3 aliphatic rings. The first-order valence-corrected chi connectivity index (χ1v) is 8.99. The molecule has 1 saturated carbocycles. The molecule has 2 atom stereocenters. The fraction of sp³-hybridized carbons (Fsp3) is 0.550. The first-order chi connectivity index (χ1) is 12.2. The average molecular weight is 343 g/mol. The smallest absolute Gasteiger partial charge is 0.254 e. The van der Waals surface area contributed by atoms with Crippen molar-refractivity contribution in [3.8, 4) is 11.5 Å². The number of likely N-dealkylation sites (tertiary alicyclic amines) is 1. The highest BCUT2D eigenvalue weighted by atomic mass is 16.5. The largest absolute Gasteiger partial charge is 0.493 e. The van der Waals surface area contributed by atoms with Crippen LogP contribution in [-0.2, 0) is 4.74 Å². The van der Waals surface area contributed by atoms with E-state index in [1.165, 1.54) is 19.3 Å². The van der Waals surface area contributed by atoms with Gasteiger partial charge in [-0.25, -0.2) is 0 Å². The maximum Gasteiger partial charge on any atom is 0.254 e. The summed E-state index contributed by atoms with van der Waals surface area (Å²) in [5.74, 6) is 1.77. The molecule has 2 unspecified atom stereocenters. The number of amides is 1. The molecule has 1 aromatic carbocycles. The van der Waals surface area contributed by atoms with Crippen LogP contribution in [0.3, 0.4) is 0 Å². The predicted octanol–water partition coefficient (Wildman–Crippen LogP) is 2.90. The van der Waals surface area contributed by atoms with E-state index < -0.39 is 0 Å². The highest BCUT2D eigenvalue weighted by molar-refractivity contribution is 5.95. The molecule has 1 spiro atoms. The molecule has 4 rings (SSSR count). The predicted molar refractivity (Wildman–Crippen MR) is 94.1 cm³/mol. The molecule has 2 saturated heterocycles. The van der Waals surface area contributed by atoms with Crippen molar-refractivity contribution in [2.24, 2.45) is 11.3 Å². The van der Waals surface area contributed by atoms with E-state index in [1.807, 2.05) is 11.0 Å². The van der Waals surface area contributed by atoms with Gasteiger partial charge in [0.05, 0.1) is 26.4 Å². The molecule has 2 aliphatic heterocycles. The second-order valence-electron chi connectivity index (χ2n) is 7.33. The number of rotatable bonds is 5. The van der Waals surface area contributed by atoms with E-state index in [4.69, 9.17) is 14.2 Å². The van der Waals surface area contributed by atoms with Gasteiger partial charge in [0.25, 0.3) is 5.91 Å². The number of nitrogens with zero attached hydrogens (tertiary/aromatic N) is 1. The molecule has 1 aromatic rings. The normalized spacial score (nSPS) is 26.2. The summed E-state index contributed by atoms with van der Waals surface area (Å²) in [5, 5.41) is 0. The number of hydrogen-bond acceptors (Lipinski definition) is 4. The Balaban J connectivity index is 1.57. The van der Waals surface area contributed by atoms with Gasteiger partial charge >= 0.3 is 0 Å². The van der Waals surface area contributed by atoms with E-state index in [-0.39, 0.29) is 11.9 Å². The van der Waals surface area contributed by atoms with E-state index in [2.05, 4.69) is 6.58 Å². The van der Waals surface area contributed by atoms with Crippen molar-refractivity contribution < 1.29 is 19.0 Å². The summed E-state index contributed by atoms with van der Waals surface area (Å²) in [6.07, 6.45) is 5.40. The minimum atomic E-state index is 0.0674. The zero-order chi connectivity index (χ0) is 17.4. The number of fused-ring (bicyclic) bond motifs is 2. The van der Waals surface area contributed by atoms with Crippen molar-refractivity contribution in [2.45, 2.75) is 25.3 Å². The number of benzene rings is 1. The third-order valence-corrected chi connectivity index (χ3v) is 6.10. The minimum Gasteiger partial charge on any atom is -0.493 e. The molecular weight excluding hydrogens is 318 g/mol. The highest BCUT2D eigenvalue weighted by Crippen LogP contribution is 2.56. The molecule has 3 fully saturated rings. The molecule has 25 heavy (non-hydrogen) atoms. The topological polar surface area (TPSA) is 48.0 Å². The second-order valence-corrected chi connectivity index (χ2v) is 7.33. The summed E-state index contributed by atoms with van der Waals surface area (Å²) < 4.78 is 16.7. The van der Waals surface area contributed by atoms with Gasteiger partial charge in [-0.15, -0.1) is 0 Å². The first-order valence-electron chi connectivity index (χ1n) is 8.99. The molecule has 1 amide bonds. The molecule has 2 heterocycles. The standard InChI is InChI=1S/C20H25NO4/c1-3-9-25-17-6-5-14(10-18(17)23-2)19(22)21-13-20(7-4-8-20)15-11-24-12-16(15)21/h3,5-6,10,15-16H,1,4,7-9,11-13H2,2H3. The molecule has 0 aromatic heterocycles. The van der Waals surface area contributed by atoms with Crippen molar-refractivity contribution >= 4 is 5.91 Å². The average Bonchev–Trinajstić information content (AvgIpc) is 3.19. The molecule has 134 valence electrons. The van der Waals surface area contributed by atoms with Gasteiger partial charge in [0.15, 0.2) is 11.5 Å². The second kappa shape index (κ2) is 6.37. The Hall–Kier alpha value is -2.01. The summed E-state index contributed by atoms with van der Waals surface area (Å²) in [7, 11) is 1.59. The van der Waals surface area contributed by atoms with Crippen molar-refractivity contribution in [2.75, 3.05) is 33.5 Å². The summed E-state index contributed by atoms with van der Waals surface area (Å²) in [6, 6.07) is 5.61. The van der Waals surface area contributed by atoms with Crippen LogP contribution in [0.15, 0.2) is 30.9 Å². The first kappa shape index (κ1) is 16.5. The molecule has 5 nitrogen and oxygen atoms in total. The molecule has 1 aliphatic carbocycles. The van der Waals surface area contributed by atoms with Crippen LogP contribution in [0.4, 0.5) is 0 Å². The van der Waals surface area contributed by atoms with E-state index in [1.54, 1.807) is 25.3 Å². The summed E-state index contributed by atoms with van der Waals surface area (Å²) in [4.78, 5) is 15.2. The number of methoxy groups -OCH3 is 1. The van der Waals surface area contributed by atoms with Gasteiger partial charge in [-0.05, 0) is 36.5 Å². The van der Waals surface area contributed by atoms with Crippen LogP contribution in [0.25, 0.3) is 0 Å². The Morgan fingerprint density at radius 1 is 1.40 bits per heavy atom. The van der Waals surface area contributed by atoms with E-state index in [0.717, 1.165) is 13.2 Å². The van der Waals surface area contributed by atoms with Crippen LogP contribution >= 0.6 is 0 Å². The number of carbonyl (C=O) groups is 1. The molecule has 0 bridgehead atoms. The van der Waals surface area contributed by atoms with E-state index >= 15 is 0 Å². The van der Waals surface area contributed by atoms with Crippen molar-refractivity contribution in [3.05, 3.63) is 36.4 Å². The summed E-state index contributed by atoms with van der Waals surface area (Å²) in [5.41, 5.74) is 0.943. The van der Waals surface area contributed by atoms with Gasteiger partial charge in [0.1, 0.15) is 6.61 Å². The Bertz CT molecular complexity index is 682. The third kappa shape index (κ3) is 2.61. The van der Waals surface area contributed by atoms with E-state index in [0.29, 0.717) is 41.6 Å². The number of carbonyl (C=O) groups excluding carboxylic acids is 1. The van der Waals surface area contributed by atoms with Crippen LogP contribution in [0.1, 0.15) is 29.6 Å². The van der Waals surface area contributed by atoms with Crippen LogP contribution in [0, 0.1) is 11.3 Å². The fourth-order valence-corrected chi connectivity index (χ4v) is 4.63. The van der Waals surface area contributed by atoms with Crippen LogP contribution in [0.2, 0.25) is 0 Å². The van der Waals surface area contributed by atoms with Gasteiger partial charge < -0.3 is 19.1 Å². The lowest BCUT2D eigenvalue weighted by Crippen LogP contribution is -2.39. The molecule has 5 heteroatoms. The lowest BCUT2D eigenvalue weighted by molar-refractivity contribution is 0.0451. The monoisotopic (exact) mass is 343 g/mol.